The standard InChI is InChI=1S/C9H5BrClNO/c10-5-1-2-8-6(3-5)9(13)7(11)4-12-8/h1-4,7H. The van der Waals surface area contributed by atoms with E-state index in [1.54, 1.807) is 12.1 Å². The number of aliphatic imine (C=N–C) groups is 1. The van der Waals surface area contributed by atoms with Gasteiger partial charge in [-0.15, -0.1) is 11.6 Å². The summed E-state index contributed by atoms with van der Waals surface area (Å²) in [5, 5.41) is -0.623. The third kappa shape index (κ3) is 1.54. The van der Waals surface area contributed by atoms with Crippen molar-refractivity contribution in [3.05, 3.63) is 28.2 Å². The van der Waals surface area contributed by atoms with Gasteiger partial charge in [0, 0.05) is 16.3 Å². The molecular weight excluding hydrogens is 253 g/mol. The molecule has 0 amide bonds. The number of hydrogen-bond donors (Lipinski definition) is 0. The molecule has 0 radical (unpaired) electrons. The van der Waals surface area contributed by atoms with Crippen LogP contribution in [-0.2, 0) is 0 Å². The third-order valence-corrected chi connectivity index (χ3v) is 2.62. The molecule has 0 saturated carbocycles. The minimum absolute atomic E-state index is 0.0898. The maximum absolute atomic E-state index is 11.5. The highest BCUT2D eigenvalue weighted by Gasteiger charge is 2.22. The summed E-state index contributed by atoms with van der Waals surface area (Å²) in [6.45, 7) is 0. The molecule has 0 N–H and O–H groups in total. The molecule has 0 saturated heterocycles. The number of fused-ring (bicyclic) bond motifs is 1. The summed E-state index contributed by atoms with van der Waals surface area (Å²) in [6, 6.07) is 5.37. The molecule has 1 unspecified atom stereocenters. The predicted molar refractivity (Wildman–Crippen MR) is 56.3 cm³/mol. The first-order valence-electron chi connectivity index (χ1n) is 3.70. The van der Waals surface area contributed by atoms with Crippen molar-refractivity contribution in [1.82, 2.24) is 0 Å². The molecule has 1 aliphatic heterocycles. The number of hydrogen-bond acceptors (Lipinski definition) is 2. The molecule has 1 atom stereocenters. The van der Waals surface area contributed by atoms with Crippen LogP contribution in [0.4, 0.5) is 5.69 Å². The molecule has 66 valence electrons. The van der Waals surface area contributed by atoms with Crippen molar-refractivity contribution in [2.45, 2.75) is 5.38 Å². The predicted octanol–water partition coefficient (Wildman–Crippen LogP) is 2.96. The Morgan fingerprint density at radius 2 is 2.23 bits per heavy atom. The van der Waals surface area contributed by atoms with Crippen LogP contribution in [0.3, 0.4) is 0 Å². The molecule has 2 rings (SSSR count). The van der Waals surface area contributed by atoms with Gasteiger partial charge in [-0.25, -0.2) is 0 Å². The minimum Gasteiger partial charge on any atom is -0.292 e. The normalized spacial score (nSPS) is 20.2. The fourth-order valence-corrected chi connectivity index (χ4v) is 1.72. The summed E-state index contributed by atoms with van der Waals surface area (Å²) in [7, 11) is 0. The van der Waals surface area contributed by atoms with E-state index in [0.717, 1.165) is 4.47 Å². The van der Waals surface area contributed by atoms with E-state index >= 15 is 0 Å². The zero-order valence-corrected chi connectivity index (χ0v) is 8.84. The minimum atomic E-state index is -0.623. The third-order valence-electron chi connectivity index (χ3n) is 1.82. The topological polar surface area (TPSA) is 29.4 Å². The van der Waals surface area contributed by atoms with Crippen molar-refractivity contribution in [2.75, 3.05) is 0 Å². The van der Waals surface area contributed by atoms with Crippen LogP contribution in [-0.4, -0.2) is 17.4 Å². The van der Waals surface area contributed by atoms with Gasteiger partial charge >= 0.3 is 0 Å². The van der Waals surface area contributed by atoms with Crippen molar-refractivity contribution >= 4 is 45.2 Å². The smallest absolute Gasteiger partial charge is 0.188 e. The van der Waals surface area contributed by atoms with E-state index in [-0.39, 0.29) is 5.78 Å². The van der Waals surface area contributed by atoms with E-state index in [2.05, 4.69) is 20.9 Å². The number of ketones is 1. The van der Waals surface area contributed by atoms with Crippen molar-refractivity contribution in [3.63, 3.8) is 0 Å². The Labute approximate surface area is 88.7 Å². The molecule has 2 nitrogen and oxygen atoms in total. The Kier molecular flexibility index (Phi) is 2.22. The maximum Gasteiger partial charge on any atom is 0.188 e. The van der Waals surface area contributed by atoms with Gasteiger partial charge < -0.3 is 0 Å². The van der Waals surface area contributed by atoms with Crippen molar-refractivity contribution in [3.8, 4) is 0 Å². The average molecular weight is 259 g/mol. The summed E-state index contributed by atoms with van der Waals surface area (Å²) in [4.78, 5) is 15.6. The second-order valence-electron chi connectivity index (χ2n) is 2.71. The van der Waals surface area contributed by atoms with E-state index in [1.807, 2.05) is 6.07 Å². The number of benzene rings is 1. The first-order chi connectivity index (χ1) is 6.18. The summed E-state index contributed by atoms with van der Waals surface area (Å²) in [5.41, 5.74) is 1.27. The number of carbonyl (C=O) groups excluding carboxylic acids is 1. The Morgan fingerprint density at radius 3 is 3.00 bits per heavy atom. The van der Waals surface area contributed by atoms with Crippen LogP contribution in [0.25, 0.3) is 0 Å². The quantitative estimate of drug-likeness (QED) is 0.658. The summed E-state index contributed by atoms with van der Waals surface area (Å²) in [5.74, 6) is -0.0898. The number of rotatable bonds is 0. The Balaban J connectivity index is 2.60. The Morgan fingerprint density at radius 1 is 1.46 bits per heavy atom. The zero-order chi connectivity index (χ0) is 9.42. The van der Waals surface area contributed by atoms with Crippen LogP contribution in [0, 0.1) is 0 Å². The second kappa shape index (κ2) is 3.24. The molecule has 0 spiro atoms. The highest BCUT2D eigenvalue weighted by molar-refractivity contribution is 9.10. The van der Waals surface area contributed by atoms with Gasteiger partial charge in [0.15, 0.2) is 5.78 Å². The second-order valence-corrected chi connectivity index (χ2v) is 4.09. The lowest BCUT2D eigenvalue weighted by Gasteiger charge is -2.11. The van der Waals surface area contributed by atoms with Gasteiger partial charge in [0.1, 0.15) is 5.38 Å². The molecule has 0 aromatic heterocycles. The van der Waals surface area contributed by atoms with Gasteiger partial charge in [0.25, 0.3) is 0 Å². The fraction of sp³-hybridized carbons (Fsp3) is 0.111. The average Bonchev–Trinajstić information content (AvgIpc) is 2.12. The molecule has 1 aromatic carbocycles. The monoisotopic (exact) mass is 257 g/mol. The molecule has 0 aliphatic carbocycles. The van der Waals surface area contributed by atoms with Crippen LogP contribution in [0.5, 0.6) is 0 Å². The van der Waals surface area contributed by atoms with Crippen LogP contribution >= 0.6 is 27.5 Å². The van der Waals surface area contributed by atoms with E-state index in [0.29, 0.717) is 11.3 Å². The summed E-state index contributed by atoms with van der Waals surface area (Å²) >= 11 is 9.02. The molecular formula is C9H5BrClNO. The van der Waals surface area contributed by atoms with E-state index in [9.17, 15) is 4.79 Å². The summed E-state index contributed by atoms with van der Waals surface area (Å²) < 4.78 is 0.862. The number of halogens is 2. The van der Waals surface area contributed by atoms with Crippen molar-refractivity contribution in [1.29, 1.82) is 0 Å². The number of Topliss-reactive ketones (excluding diaryl/α,β-unsaturated/α-hetero) is 1. The first kappa shape index (κ1) is 8.91. The van der Waals surface area contributed by atoms with Crippen LogP contribution in [0.15, 0.2) is 27.7 Å². The first-order valence-corrected chi connectivity index (χ1v) is 4.93. The Bertz CT molecular complexity index is 403. The van der Waals surface area contributed by atoms with Crippen LogP contribution in [0.2, 0.25) is 0 Å². The van der Waals surface area contributed by atoms with Gasteiger partial charge in [-0.1, -0.05) is 15.9 Å². The van der Waals surface area contributed by atoms with Gasteiger partial charge in [-0.3, -0.25) is 9.79 Å². The van der Waals surface area contributed by atoms with Crippen molar-refractivity contribution < 1.29 is 4.79 Å². The molecule has 1 aromatic rings. The SMILES string of the molecule is O=C1c2cc(Br)ccc2N=CC1Cl. The molecule has 1 heterocycles. The van der Waals surface area contributed by atoms with E-state index < -0.39 is 5.38 Å². The fourth-order valence-electron chi connectivity index (χ4n) is 1.18. The van der Waals surface area contributed by atoms with Crippen molar-refractivity contribution in [2.24, 2.45) is 4.99 Å². The highest BCUT2D eigenvalue weighted by Crippen LogP contribution is 2.28. The van der Waals surface area contributed by atoms with Gasteiger partial charge in [-0.2, -0.15) is 0 Å². The van der Waals surface area contributed by atoms with Crippen LogP contribution in [0.1, 0.15) is 10.4 Å². The lowest BCUT2D eigenvalue weighted by molar-refractivity contribution is 0.100. The largest absolute Gasteiger partial charge is 0.292 e. The maximum atomic E-state index is 11.5. The Hall–Kier alpha value is -0.670. The molecule has 0 bridgehead atoms. The van der Waals surface area contributed by atoms with E-state index in [4.69, 9.17) is 11.6 Å². The van der Waals surface area contributed by atoms with Crippen LogP contribution < -0.4 is 0 Å². The number of carbonyl (C=O) groups is 1. The molecule has 13 heavy (non-hydrogen) atoms. The lowest BCUT2D eigenvalue weighted by atomic mass is 10.0. The van der Waals surface area contributed by atoms with Gasteiger partial charge in [0.05, 0.1) is 5.69 Å². The highest BCUT2D eigenvalue weighted by atomic mass is 79.9. The lowest BCUT2D eigenvalue weighted by Crippen LogP contribution is -2.19. The number of nitrogens with zero attached hydrogens (tertiary/aromatic N) is 1. The molecule has 0 fully saturated rings. The summed E-state index contributed by atoms with van der Waals surface area (Å²) in [6.07, 6.45) is 1.46. The zero-order valence-electron chi connectivity index (χ0n) is 6.50. The molecule has 1 aliphatic rings. The number of alkyl halides is 1. The van der Waals surface area contributed by atoms with E-state index in [1.165, 1.54) is 6.21 Å². The van der Waals surface area contributed by atoms with Gasteiger partial charge in [-0.05, 0) is 18.2 Å². The molecule has 4 heteroatoms. The van der Waals surface area contributed by atoms with Gasteiger partial charge in [0.2, 0.25) is 0 Å².